The Hall–Kier alpha value is -1.71. The molecule has 1 aromatic carbocycles. The normalized spacial score (nSPS) is 28.0. The highest BCUT2D eigenvalue weighted by Gasteiger charge is 2.28. The molecule has 21 heavy (non-hydrogen) atoms. The molecule has 3 atom stereocenters. The Morgan fingerprint density at radius 3 is 2.71 bits per heavy atom. The average molecular weight is 289 g/mol. The molecule has 1 heterocycles. The summed E-state index contributed by atoms with van der Waals surface area (Å²) in [7, 11) is 0. The van der Waals surface area contributed by atoms with Crippen molar-refractivity contribution in [3.8, 4) is 11.5 Å². The molecule has 0 unspecified atom stereocenters. The van der Waals surface area contributed by atoms with Crippen LogP contribution in [0.2, 0.25) is 0 Å². The van der Waals surface area contributed by atoms with Crippen LogP contribution in [0.5, 0.6) is 11.5 Å². The number of carbonyl (C=O) groups excluding carboxylic acids is 1. The summed E-state index contributed by atoms with van der Waals surface area (Å²) in [6, 6.07) is 5.67. The van der Waals surface area contributed by atoms with Crippen molar-refractivity contribution in [2.45, 2.75) is 39.2 Å². The molecule has 4 heteroatoms. The molecule has 1 aromatic rings. The number of rotatable bonds is 2. The number of benzene rings is 1. The zero-order valence-electron chi connectivity index (χ0n) is 12.7. The van der Waals surface area contributed by atoms with Crippen LogP contribution in [0.4, 0.5) is 0 Å². The largest absolute Gasteiger partial charge is 0.486 e. The van der Waals surface area contributed by atoms with Crippen molar-refractivity contribution in [1.29, 1.82) is 0 Å². The number of amides is 1. The smallest absolute Gasteiger partial charge is 0.251 e. The molecule has 1 amide bonds. The molecule has 0 radical (unpaired) electrons. The van der Waals surface area contributed by atoms with Gasteiger partial charge >= 0.3 is 0 Å². The van der Waals surface area contributed by atoms with E-state index >= 15 is 0 Å². The summed E-state index contributed by atoms with van der Waals surface area (Å²) in [5.74, 6) is 2.57. The highest BCUT2D eigenvalue weighted by molar-refractivity contribution is 5.95. The Labute approximate surface area is 125 Å². The lowest BCUT2D eigenvalue weighted by Gasteiger charge is -2.34. The summed E-state index contributed by atoms with van der Waals surface area (Å²) < 4.78 is 11.0. The molecular weight excluding hydrogens is 266 g/mol. The third kappa shape index (κ3) is 2.99. The fraction of sp³-hybridized carbons (Fsp3) is 0.588. The van der Waals surface area contributed by atoms with E-state index in [9.17, 15) is 4.79 Å². The Kier molecular flexibility index (Phi) is 4.04. The lowest BCUT2D eigenvalue weighted by molar-refractivity contribution is 0.0890. The Morgan fingerprint density at radius 2 is 1.90 bits per heavy atom. The van der Waals surface area contributed by atoms with Crippen molar-refractivity contribution < 1.29 is 14.3 Å². The molecule has 1 saturated carbocycles. The summed E-state index contributed by atoms with van der Waals surface area (Å²) in [5.41, 5.74) is 0.643. The van der Waals surface area contributed by atoms with E-state index in [2.05, 4.69) is 19.2 Å². The van der Waals surface area contributed by atoms with Gasteiger partial charge in [-0.15, -0.1) is 0 Å². The van der Waals surface area contributed by atoms with Crippen molar-refractivity contribution in [1.82, 2.24) is 5.32 Å². The Balaban J connectivity index is 1.70. The molecule has 2 aliphatic rings. The lowest BCUT2D eigenvalue weighted by atomic mass is 9.78. The van der Waals surface area contributed by atoms with Crippen LogP contribution < -0.4 is 14.8 Å². The summed E-state index contributed by atoms with van der Waals surface area (Å²) in [4.78, 5) is 12.4. The van der Waals surface area contributed by atoms with Gasteiger partial charge < -0.3 is 14.8 Å². The number of ether oxygens (including phenoxy) is 2. The van der Waals surface area contributed by atoms with Gasteiger partial charge in [0.2, 0.25) is 0 Å². The molecule has 0 aromatic heterocycles. The maximum absolute atomic E-state index is 12.4. The van der Waals surface area contributed by atoms with Gasteiger partial charge in [-0.1, -0.05) is 26.7 Å². The second kappa shape index (κ2) is 5.96. The van der Waals surface area contributed by atoms with Crippen LogP contribution in [0, 0.1) is 11.8 Å². The maximum atomic E-state index is 12.4. The maximum Gasteiger partial charge on any atom is 0.251 e. The van der Waals surface area contributed by atoms with E-state index in [0.717, 1.165) is 12.2 Å². The number of hydrogen-bond acceptors (Lipinski definition) is 3. The lowest BCUT2D eigenvalue weighted by Crippen LogP contribution is -2.43. The molecule has 0 bridgehead atoms. The van der Waals surface area contributed by atoms with Gasteiger partial charge in [-0.2, -0.15) is 0 Å². The molecule has 1 aliphatic heterocycles. The quantitative estimate of drug-likeness (QED) is 0.910. The minimum atomic E-state index is -0.0158. The monoisotopic (exact) mass is 289 g/mol. The number of nitrogens with one attached hydrogen (secondary N) is 1. The molecule has 0 spiro atoms. The first-order chi connectivity index (χ1) is 10.1. The van der Waals surface area contributed by atoms with Gasteiger partial charge in [0.15, 0.2) is 11.5 Å². The van der Waals surface area contributed by atoms with E-state index in [1.807, 2.05) is 6.07 Å². The first-order valence-electron chi connectivity index (χ1n) is 7.85. The van der Waals surface area contributed by atoms with Gasteiger partial charge in [-0.05, 0) is 36.5 Å². The SMILES string of the molecule is C[C@H]1[C@H](C)CCC[C@H]1NC(=O)c1ccc2c(c1)OCCO2. The van der Waals surface area contributed by atoms with E-state index < -0.39 is 0 Å². The van der Waals surface area contributed by atoms with Crippen LogP contribution in [0.15, 0.2) is 18.2 Å². The van der Waals surface area contributed by atoms with Crippen LogP contribution in [-0.2, 0) is 0 Å². The van der Waals surface area contributed by atoms with E-state index in [-0.39, 0.29) is 11.9 Å². The van der Waals surface area contributed by atoms with E-state index in [0.29, 0.717) is 36.4 Å². The second-order valence-corrected chi connectivity index (χ2v) is 6.21. The van der Waals surface area contributed by atoms with Gasteiger partial charge in [0.1, 0.15) is 13.2 Å². The number of carbonyl (C=O) groups is 1. The first kappa shape index (κ1) is 14.2. The molecule has 1 fully saturated rings. The molecule has 1 aliphatic carbocycles. The third-order valence-corrected chi connectivity index (χ3v) is 4.83. The zero-order chi connectivity index (χ0) is 14.8. The molecule has 114 valence electrons. The molecule has 0 saturated heterocycles. The topological polar surface area (TPSA) is 47.6 Å². The molecule has 3 rings (SSSR count). The highest BCUT2D eigenvalue weighted by atomic mass is 16.6. The van der Waals surface area contributed by atoms with E-state index in [1.165, 1.54) is 12.8 Å². The summed E-state index contributed by atoms with van der Waals surface area (Å²) in [6.07, 6.45) is 3.52. The van der Waals surface area contributed by atoms with Gasteiger partial charge in [0.25, 0.3) is 5.91 Å². The van der Waals surface area contributed by atoms with Gasteiger partial charge in [0, 0.05) is 11.6 Å². The fourth-order valence-electron chi connectivity index (χ4n) is 3.22. The predicted octanol–water partition coefficient (Wildman–Crippen LogP) is 3.01. The number of fused-ring (bicyclic) bond motifs is 1. The zero-order valence-corrected chi connectivity index (χ0v) is 12.7. The third-order valence-electron chi connectivity index (χ3n) is 4.83. The molecule has 1 N–H and O–H groups in total. The first-order valence-corrected chi connectivity index (χ1v) is 7.85. The van der Waals surface area contributed by atoms with E-state index in [4.69, 9.17) is 9.47 Å². The molecule has 4 nitrogen and oxygen atoms in total. The van der Waals surface area contributed by atoms with Gasteiger partial charge in [0.05, 0.1) is 0 Å². The summed E-state index contributed by atoms with van der Waals surface area (Å²) in [6.45, 7) is 5.61. The van der Waals surface area contributed by atoms with Crippen LogP contribution in [0.25, 0.3) is 0 Å². The van der Waals surface area contributed by atoms with Crippen molar-refractivity contribution in [2.75, 3.05) is 13.2 Å². The van der Waals surface area contributed by atoms with Crippen LogP contribution in [0.3, 0.4) is 0 Å². The summed E-state index contributed by atoms with van der Waals surface area (Å²) in [5, 5.41) is 3.19. The predicted molar refractivity (Wildman–Crippen MR) is 80.9 cm³/mol. The van der Waals surface area contributed by atoms with Gasteiger partial charge in [-0.25, -0.2) is 0 Å². The van der Waals surface area contributed by atoms with Crippen LogP contribution in [0.1, 0.15) is 43.5 Å². The van der Waals surface area contributed by atoms with Crippen molar-refractivity contribution in [3.63, 3.8) is 0 Å². The van der Waals surface area contributed by atoms with E-state index in [1.54, 1.807) is 12.1 Å². The fourth-order valence-corrected chi connectivity index (χ4v) is 3.22. The van der Waals surface area contributed by atoms with Crippen LogP contribution >= 0.6 is 0 Å². The van der Waals surface area contributed by atoms with Crippen molar-refractivity contribution >= 4 is 5.91 Å². The highest BCUT2D eigenvalue weighted by Crippen LogP contribution is 2.32. The number of hydrogen-bond donors (Lipinski definition) is 1. The summed E-state index contributed by atoms with van der Waals surface area (Å²) >= 11 is 0. The van der Waals surface area contributed by atoms with Crippen molar-refractivity contribution in [3.05, 3.63) is 23.8 Å². The van der Waals surface area contributed by atoms with Gasteiger partial charge in [-0.3, -0.25) is 4.79 Å². The minimum absolute atomic E-state index is 0.0158. The second-order valence-electron chi connectivity index (χ2n) is 6.21. The Bertz CT molecular complexity index is 529. The molecular formula is C17H23NO3. The van der Waals surface area contributed by atoms with Crippen LogP contribution in [-0.4, -0.2) is 25.2 Å². The standard InChI is InChI=1S/C17H23NO3/c1-11-4-3-5-14(12(11)2)18-17(19)13-6-7-15-16(10-13)21-9-8-20-15/h6-7,10-12,14H,3-5,8-9H2,1-2H3,(H,18,19)/t11-,12+,14-/m1/s1. The average Bonchev–Trinajstić information content (AvgIpc) is 2.51. The minimum Gasteiger partial charge on any atom is -0.486 e. The Morgan fingerprint density at radius 1 is 1.14 bits per heavy atom. The van der Waals surface area contributed by atoms with Crippen molar-refractivity contribution in [2.24, 2.45) is 11.8 Å².